The van der Waals surface area contributed by atoms with Crippen molar-refractivity contribution in [3.63, 3.8) is 0 Å². The van der Waals surface area contributed by atoms with Gasteiger partial charge in [0.1, 0.15) is 5.69 Å². The quantitative estimate of drug-likeness (QED) is 0.725. The Kier molecular flexibility index (Phi) is 2.20. The first-order valence-corrected chi connectivity index (χ1v) is 4.69. The maximum atomic E-state index is 5.58. The molecule has 0 N–H and O–H groups in total. The van der Waals surface area contributed by atoms with Crippen molar-refractivity contribution in [1.82, 2.24) is 19.3 Å². The van der Waals surface area contributed by atoms with Crippen LogP contribution in [0.1, 0.15) is 5.69 Å². The van der Waals surface area contributed by atoms with E-state index in [0.717, 1.165) is 5.69 Å². The third-order valence-electron chi connectivity index (χ3n) is 1.40. The van der Waals surface area contributed by atoms with Crippen molar-refractivity contribution in [3.05, 3.63) is 23.4 Å². The molecule has 6 heteroatoms. The molecule has 0 aliphatic rings. The molecule has 0 aliphatic carbocycles. The predicted octanol–water partition coefficient (Wildman–Crippen LogP) is 1.96. The Morgan fingerprint density at radius 2 is 2.15 bits per heavy atom. The molecule has 0 spiro atoms. The number of aryl methyl sites for hydroxylation is 1. The number of rotatable bonds is 1. The number of nitrogens with zero attached hydrogens (tertiary/aromatic N) is 4. The van der Waals surface area contributed by atoms with E-state index in [4.69, 9.17) is 11.6 Å². The van der Waals surface area contributed by atoms with Crippen LogP contribution in [0.25, 0.3) is 10.7 Å². The maximum Gasteiger partial charge on any atom is 0.234 e. The van der Waals surface area contributed by atoms with Crippen LogP contribution in [-0.2, 0) is 0 Å². The highest BCUT2D eigenvalue weighted by Crippen LogP contribution is 2.19. The summed E-state index contributed by atoms with van der Waals surface area (Å²) in [6, 6.07) is 0. The van der Waals surface area contributed by atoms with Gasteiger partial charge >= 0.3 is 0 Å². The summed E-state index contributed by atoms with van der Waals surface area (Å²) in [7, 11) is 0. The fraction of sp³-hybridized carbons (Fsp3) is 0.143. The van der Waals surface area contributed by atoms with Crippen LogP contribution in [0.4, 0.5) is 0 Å². The van der Waals surface area contributed by atoms with Crippen LogP contribution in [0.5, 0.6) is 0 Å². The van der Waals surface area contributed by atoms with E-state index in [1.165, 1.54) is 11.5 Å². The second-order valence-electron chi connectivity index (χ2n) is 2.41. The van der Waals surface area contributed by atoms with E-state index in [9.17, 15) is 0 Å². The first-order valence-electron chi connectivity index (χ1n) is 3.54. The van der Waals surface area contributed by atoms with E-state index in [1.807, 2.05) is 6.92 Å². The molecule has 0 unspecified atom stereocenters. The molecule has 66 valence electrons. The van der Waals surface area contributed by atoms with Crippen molar-refractivity contribution in [1.29, 1.82) is 0 Å². The van der Waals surface area contributed by atoms with Crippen molar-refractivity contribution in [2.45, 2.75) is 6.92 Å². The average Bonchev–Trinajstić information content (AvgIpc) is 2.53. The maximum absolute atomic E-state index is 5.58. The molecule has 0 radical (unpaired) electrons. The van der Waals surface area contributed by atoms with Gasteiger partial charge in [-0.05, 0) is 30.1 Å². The average molecular weight is 213 g/mol. The van der Waals surface area contributed by atoms with E-state index in [1.54, 1.807) is 12.4 Å². The van der Waals surface area contributed by atoms with Gasteiger partial charge in [0.2, 0.25) is 5.28 Å². The summed E-state index contributed by atoms with van der Waals surface area (Å²) in [5.74, 6) is 0. The largest absolute Gasteiger partial charge is 0.258 e. The minimum Gasteiger partial charge on any atom is -0.258 e. The molecule has 2 aromatic rings. The Labute approximate surface area is 83.8 Å². The van der Waals surface area contributed by atoms with Crippen LogP contribution in [0.3, 0.4) is 0 Å². The fourth-order valence-corrected chi connectivity index (χ4v) is 1.58. The lowest BCUT2D eigenvalue weighted by atomic mass is 10.4. The van der Waals surface area contributed by atoms with Crippen molar-refractivity contribution >= 4 is 23.1 Å². The third-order valence-corrected chi connectivity index (χ3v) is 2.41. The monoisotopic (exact) mass is 212 g/mol. The van der Waals surface area contributed by atoms with Crippen molar-refractivity contribution in [3.8, 4) is 10.7 Å². The van der Waals surface area contributed by atoms with E-state index in [2.05, 4.69) is 19.3 Å². The fourth-order valence-electron chi connectivity index (χ4n) is 0.813. The van der Waals surface area contributed by atoms with Gasteiger partial charge in [-0.25, -0.2) is 4.98 Å². The molecule has 0 atom stereocenters. The molecule has 2 rings (SSSR count). The standard InChI is InChI=1S/C7H5ClN4S/c1-4-2-10-5(3-9-4)6-11-7(8)12-13-6/h2-3H,1H3. The van der Waals surface area contributed by atoms with E-state index in [-0.39, 0.29) is 5.28 Å². The van der Waals surface area contributed by atoms with Crippen LogP contribution >= 0.6 is 23.1 Å². The second kappa shape index (κ2) is 3.35. The summed E-state index contributed by atoms with van der Waals surface area (Å²) in [5, 5.41) is 0.944. The first-order chi connectivity index (χ1) is 6.25. The lowest BCUT2D eigenvalue weighted by Gasteiger charge is -1.93. The predicted molar refractivity (Wildman–Crippen MR) is 50.7 cm³/mol. The number of hydrogen-bond acceptors (Lipinski definition) is 5. The normalized spacial score (nSPS) is 10.3. The van der Waals surface area contributed by atoms with Gasteiger partial charge in [-0.2, -0.15) is 4.37 Å². The summed E-state index contributed by atoms with van der Waals surface area (Å²) in [5.41, 5.74) is 1.58. The van der Waals surface area contributed by atoms with Gasteiger partial charge in [-0.3, -0.25) is 9.97 Å². The highest BCUT2D eigenvalue weighted by molar-refractivity contribution is 7.09. The van der Waals surface area contributed by atoms with Gasteiger partial charge in [0.05, 0.1) is 11.9 Å². The first kappa shape index (κ1) is 8.52. The Morgan fingerprint density at radius 3 is 2.69 bits per heavy atom. The lowest BCUT2D eigenvalue weighted by Crippen LogP contribution is -1.86. The Balaban J connectivity index is 2.41. The van der Waals surface area contributed by atoms with E-state index in [0.29, 0.717) is 10.7 Å². The molecule has 0 aliphatic heterocycles. The Hall–Kier alpha value is -1.07. The SMILES string of the molecule is Cc1cnc(-c2nc(Cl)ns2)cn1. The van der Waals surface area contributed by atoms with E-state index >= 15 is 0 Å². The van der Waals surface area contributed by atoms with Crippen LogP contribution in [0.15, 0.2) is 12.4 Å². The Morgan fingerprint density at radius 1 is 1.31 bits per heavy atom. The van der Waals surface area contributed by atoms with Crippen molar-refractivity contribution in [2.24, 2.45) is 0 Å². The summed E-state index contributed by atoms with van der Waals surface area (Å²) < 4.78 is 3.84. The van der Waals surface area contributed by atoms with Crippen molar-refractivity contribution < 1.29 is 0 Å². The third kappa shape index (κ3) is 1.81. The van der Waals surface area contributed by atoms with Gasteiger partial charge < -0.3 is 0 Å². The molecular formula is C7H5ClN4S. The minimum absolute atomic E-state index is 0.252. The zero-order chi connectivity index (χ0) is 9.26. The molecule has 0 bridgehead atoms. The molecule has 0 fully saturated rings. The van der Waals surface area contributed by atoms with Gasteiger partial charge in [0.15, 0.2) is 5.01 Å². The van der Waals surface area contributed by atoms with Crippen LogP contribution in [0.2, 0.25) is 5.28 Å². The van der Waals surface area contributed by atoms with Gasteiger partial charge in [0, 0.05) is 6.20 Å². The summed E-state index contributed by atoms with van der Waals surface area (Å²) in [4.78, 5) is 12.2. The smallest absolute Gasteiger partial charge is 0.234 e. The lowest BCUT2D eigenvalue weighted by molar-refractivity contribution is 1.12. The van der Waals surface area contributed by atoms with E-state index < -0.39 is 0 Å². The molecule has 0 saturated carbocycles. The summed E-state index contributed by atoms with van der Waals surface area (Å²) >= 11 is 6.79. The molecule has 4 nitrogen and oxygen atoms in total. The Bertz CT molecular complexity index is 411. The number of hydrogen-bond donors (Lipinski definition) is 0. The zero-order valence-electron chi connectivity index (χ0n) is 6.73. The highest BCUT2D eigenvalue weighted by Gasteiger charge is 2.05. The number of halogens is 1. The number of aromatic nitrogens is 4. The summed E-state index contributed by atoms with van der Waals surface area (Å²) in [6.07, 6.45) is 3.34. The summed E-state index contributed by atoms with van der Waals surface area (Å²) in [6.45, 7) is 1.88. The van der Waals surface area contributed by atoms with Crippen LogP contribution in [0, 0.1) is 6.92 Å². The second-order valence-corrected chi connectivity index (χ2v) is 3.50. The van der Waals surface area contributed by atoms with Crippen molar-refractivity contribution in [2.75, 3.05) is 0 Å². The molecule has 0 aromatic carbocycles. The molecule has 0 amide bonds. The topological polar surface area (TPSA) is 51.6 Å². The van der Waals surface area contributed by atoms with Gasteiger partial charge in [-0.1, -0.05) is 0 Å². The molecule has 0 saturated heterocycles. The molecule has 2 aromatic heterocycles. The highest BCUT2D eigenvalue weighted by atomic mass is 35.5. The molecular weight excluding hydrogens is 208 g/mol. The van der Waals surface area contributed by atoms with Crippen LogP contribution < -0.4 is 0 Å². The van der Waals surface area contributed by atoms with Gasteiger partial charge in [0.25, 0.3) is 0 Å². The molecule has 2 heterocycles. The van der Waals surface area contributed by atoms with Gasteiger partial charge in [-0.15, -0.1) is 0 Å². The zero-order valence-corrected chi connectivity index (χ0v) is 8.30. The minimum atomic E-state index is 0.252. The van der Waals surface area contributed by atoms with Crippen LogP contribution in [-0.4, -0.2) is 19.3 Å². The molecule has 13 heavy (non-hydrogen) atoms.